The van der Waals surface area contributed by atoms with Crippen molar-refractivity contribution in [2.75, 3.05) is 19.0 Å². The zero-order valence-corrected chi connectivity index (χ0v) is 10.7. The van der Waals surface area contributed by atoms with Gasteiger partial charge in [0.1, 0.15) is 0 Å². The first-order valence-corrected chi connectivity index (χ1v) is 6.54. The maximum absolute atomic E-state index is 5.05. The second kappa shape index (κ2) is 6.42. The zero-order valence-electron chi connectivity index (χ0n) is 9.93. The van der Waals surface area contributed by atoms with Crippen LogP contribution in [-0.4, -0.2) is 23.3 Å². The van der Waals surface area contributed by atoms with Crippen molar-refractivity contribution in [3.8, 4) is 0 Å². The molecule has 0 saturated carbocycles. The molecule has 0 aliphatic rings. The summed E-state index contributed by atoms with van der Waals surface area (Å²) in [7, 11) is 1.73. The maximum atomic E-state index is 5.05. The van der Waals surface area contributed by atoms with Crippen molar-refractivity contribution in [1.82, 2.24) is 9.55 Å². The van der Waals surface area contributed by atoms with Gasteiger partial charge in [0.05, 0.1) is 6.54 Å². The molecular formula is C12H17N3OS. The highest BCUT2D eigenvalue weighted by atomic mass is 32.1. The van der Waals surface area contributed by atoms with Gasteiger partial charge in [-0.25, -0.2) is 4.98 Å². The lowest BCUT2D eigenvalue weighted by molar-refractivity contribution is 0.190. The number of aromatic nitrogens is 2. The summed E-state index contributed by atoms with van der Waals surface area (Å²) in [4.78, 5) is 5.63. The standard InChI is InChI=1S/C12H17N3OS/c1-16-8-3-6-15-7-5-13-12(15)14-10-11-4-2-9-17-11/h2,4-5,7,9H,3,6,8,10H2,1H3,(H,13,14). The Bertz CT molecular complexity index is 425. The van der Waals surface area contributed by atoms with Gasteiger partial charge in [0, 0.05) is 37.5 Å². The van der Waals surface area contributed by atoms with Gasteiger partial charge in [-0.15, -0.1) is 11.3 Å². The van der Waals surface area contributed by atoms with Crippen molar-refractivity contribution in [3.05, 3.63) is 34.8 Å². The first-order chi connectivity index (χ1) is 8.40. The number of thiophene rings is 1. The quantitative estimate of drug-likeness (QED) is 0.769. The number of hydrogen-bond donors (Lipinski definition) is 1. The molecule has 0 unspecified atom stereocenters. The maximum Gasteiger partial charge on any atom is 0.203 e. The molecule has 2 heterocycles. The molecule has 0 amide bonds. The lowest BCUT2D eigenvalue weighted by Crippen LogP contribution is -2.07. The number of rotatable bonds is 7. The number of hydrogen-bond acceptors (Lipinski definition) is 4. The first kappa shape index (κ1) is 12.1. The molecule has 0 saturated heterocycles. The predicted octanol–water partition coefficient (Wildman–Crippen LogP) is 2.59. The van der Waals surface area contributed by atoms with Gasteiger partial charge < -0.3 is 14.6 Å². The van der Waals surface area contributed by atoms with Crippen LogP contribution in [0.4, 0.5) is 5.95 Å². The van der Waals surface area contributed by atoms with E-state index >= 15 is 0 Å². The monoisotopic (exact) mass is 251 g/mol. The van der Waals surface area contributed by atoms with Crippen LogP contribution in [0.1, 0.15) is 11.3 Å². The summed E-state index contributed by atoms with van der Waals surface area (Å²) >= 11 is 1.75. The summed E-state index contributed by atoms with van der Waals surface area (Å²) in [6, 6.07) is 4.18. The van der Waals surface area contributed by atoms with Crippen LogP contribution in [0.3, 0.4) is 0 Å². The van der Waals surface area contributed by atoms with Crippen molar-refractivity contribution in [1.29, 1.82) is 0 Å². The number of anilines is 1. The molecule has 0 radical (unpaired) electrons. The number of nitrogens with one attached hydrogen (secondary N) is 1. The summed E-state index contributed by atoms with van der Waals surface area (Å²) < 4.78 is 7.16. The molecular weight excluding hydrogens is 234 g/mol. The topological polar surface area (TPSA) is 39.1 Å². The van der Waals surface area contributed by atoms with E-state index in [2.05, 4.69) is 32.4 Å². The summed E-state index contributed by atoms with van der Waals surface area (Å²) in [5.41, 5.74) is 0. The third-order valence-electron chi connectivity index (χ3n) is 2.46. The van der Waals surface area contributed by atoms with E-state index in [-0.39, 0.29) is 0 Å². The first-order valence-electron chi connectivity index (χ1n) is 5.66. The van der Waals surface area contributed by atoms with E-state index in [1.165, 1.54) is 4.88 Å². The van der Waals surface area contributed by atoms with E-state index in [4.69, 9.17) is 4.74 Å². The Kier molecular flexibility index (Phi) is 4.58. The molecule has 4 nitrogen and oxygen atoms in total. The normalized spacial score (nSPS) is 10.6. The number of ether oxygens (including phenoxy) is 1. The molecule has 2 aromatic heterocycles. The van der Waals surface area contributed by atoms with E-state index in [0.717, 1.165) is 32.1 Å². The smallest absolute Gasteiger partial charge is 0.203 e. The van der Waals surface area contributed by atoms with Gasteiger partial charge in [-0.05, 0) is 17.9 Å². The van der Waals surface area contributed by atoms with E-state index in [0.29, 0.717) is 0 Å². The molecule has 0 bridgehead atoms. The second-order valence-corrected chi connectivity index (χ2v) is 4.76. The van der Waals surface area contributed by atoms with Crippen LogP contribution in [0.2, 0.25) is 0 Å². The number of nitrogens with zero attached hydrogens (tertiary/aromatic N) is 2. The summed E-state index contributed by atoms with van der Waals surface area (Å²) in [6.45, 7) is 2.54. The van der Waals surface area contributed by atoms with Gasteiger partial charge in [0.25, 0.3) is 0 Å². The minimum atomic E-state index is 0.780. The minimum Gasteiger partial charge on any atom is -0.385 e. The van der Waals surface area contributed by atoms with Crippen LogP contribution >= 0.6 is 11.3 Å². The van der Waals surface area contributed by atoms with Crippen LogP contribution in [0.25, 0.3) is 0 Å². The Balaban J connectivity index is 1.85. The Hall–Kier alpha value is -1.33. The average molecular weight is 251 g/mol. The highest BCUT2D eigenvalue weighted by Gasteiger charge is 2.02. The van der Waals surface area contributed by atoms with Crippen LogP contribution in [0.5, 0.6) is 0 Å². The predicted molar refractivity (Wildman–Crippen MR) is 70.4 cm³/mol. The van der Waals surface area contributed by atoms with Gasteiger partial charge >= 0.3 is 0 Å². The SMILES string of the molecule is COCCCn1ccnc1NCc1cccs1. The van der Waals surface area contributed by atoms with E-state index in [1.54, 1.807) is 18.4 Å². The van der Waals surface area contributed by atoms with Crippen LogP contribution in [-0.2, 0) is 17.8 Å². The van der Waals surface area contributed by atoms with Crippen molar-refractivity contribution < 1.29 is 4.74 Å². The highest BCUT2D eigenvalue weighted by molar-refractivity contribution is 7.09. The van der Waals surface area contributed by atoms with E-state index < -0.39 is 0 Å². The van der Waals surface area contributed by atoms with Crippen molar-refractivity contribution in [3.63, 3.8) is 0 Å². The minimum absolute atomic E-state index is 0.780. The van der Waals surface area contributed by atoms with Crippen LogP contribution in [0, 0.1) is 0 Å². The lowest BCUT2D eigenvalue weighted by Gasteiger charge is -2.08. The molecule has 0 aliphatic heterocycles. The Morgan fingerprint density at radius 2 is 2.47 bits per heavy atom. The third-order valence-corrected chi connectivity index (χ3v) is 3.34. The van der Waals surface area contributed by atoms with Gasteiger partial charge in [0.2, 0.25) is 5.95 Å². The lowest BCUT2D eigenvalue weighted by atomic mass is 10.4. The van der Waals surface area contributed by atoms with E-state index in [1.807, 2.05) is 12.4 Å². The fraction of sp³-hybridized carbons (Fsp3) is 0.417. The van der Waals surface area contributed by atoms with Gasteiger partial charge in [0.15, 0.2) is 0 Å². The van der Waals surface area contributed by atoms with Gasteiger partial charge in [-0.3, -0.25) is 0 Å². The zero-order chi connectivity index (χ0) is 11.9. The van der Waals surface area contributed by atoms with Crippen LogP contribution < -0.4 is 5.32 Å². The highest BCUT2D eigenvalue weighted by Crippen LogP contribution is 2.12. The molecule has 17 heavy (non-hydrogen) atoms. The van der Waals surface area contributed by atoms with Crippen LogP contribution in [0.15, 0.2) is 29.9 Å². The molecule has 0 spiro atoms. The molecule has 2 rings (SSSR count). The second-order valence-electron chi connectivity index (χ2n) is 3.72. The van der Waals surface area contributed by atoms with Gasteiger partial charge in [-0.2, -0.15) is 0 Å². The average Bonchev–Trinajstić information content (AvgIpc) is 2.97. The molecule has 0 fully saturated rings. The Morgan fingerprint density at radius 1 is 1.53 bits per heavy atom. The Labute approximate surface area is 105 Å². The Morgan fingerprint density at radius 3 is 3.24 bits per heavy atom. The summed E-state index contributed by atoms with van der Waals surface area (Å²) in [6.07, 6.45) is 4.82. The molecule has 5 heteroatoms. The molecule has 92 valence electrons. The fourth-order valence-corrected chi connectivity index (χ4v) is 2.26. The van der Waals surface area contributed by atoms with Gasteiger partial charge in [-0.1, -0.05) is 6.07 Å². The molecule has 0 aromatic carbocycles. The summed E-state index contributed by atoms with van der Waals surface area (Å²) in [5.74, 6) is 0.925. The third kappa shape index (κ3) is 3.57. The molecule has 0 atom stereocenters. The van der Waals surface area contributed by atoms with Crippen molar-refractivity contribution in [2.24, 2.45) is 0 Å². The number of imidazole rings is 1. The van der Waals surface area contributed by atoms with Crippen molar-refractivity contribution >= 4 is 17.3 Å². The molecule has 0 aliphatic carbocycles. The largest absolute Gasteiger partial charge is 0.385 e. The molecule has 1 N–H and O–H groups in total. The van der Waals surface area contributed by atoms with Crippen molar-refractivity contribution in [2.45, 2.75) is 19.5 Å². The molecule has 2 aromatic rings. The number of methoxy groups -OCH3 is 1. The summed E-state index contributed by atoms with van der Waals surface area (Å²) in [5, 5.41) is 5.43. The number of aryl methyl sites for hydroxylation is 1. The fourth-order valence-electron chi connectivity index (χ4n) is 1.62. The van der Waals surface area contributed by atoms with E-state index in [9.17, 15) is 0 Å².